The molecule has 1 aromatic heterocycles. The molecule has 0 aliphatic carbocycles. The lowest BCUT2D eigenvalue weighted by Crippen LogP contribution is -2.31. The van der Waals surface area contributed by atoms with Crippen LogP contribution in [0.2, 0.25) is 0 Å². The molecular weight excluding hydrogens is 539 g/mol. The molecule has 11 nitrogen and oxygen atoms in total. The second-order valence-corrected chi connectivity index (χ2v) is 10.3. The number of nitrogens with zero attached hydrogens (tertiary/aromatic N) is 6. The van der Waals surface area contributed by atoms with Crippen LogP contribution in [0.5, 0.6) is 0 Å². The van der Waals surface area contributed by atoms with E-state index in [4.69, 9.17) is 0 Å². The van der Waals surface area contributed by atoms with E-state index in [0.717, 1.165) is 36.2 Å². The van der Waals surface area contributed by atoms with Crippen LogP contribution in [0.1, 0.15) is 29.7 Å². The maximum Gasteiger partial charge on any atom is 0.416 e. The summed E-state index contributed by atoms with van der Waals surface area (Å²) in [6, 6.07) is 10.8. The molecular formula is C24H18F3N7O4S. The zero-order chi connectivity index (χ0) is 28.7. The zero-order valence-electron chi connectivity index (χ0n) is 20.5. The fraction of sp³-hybridized carbons (Fsp3) is 0.208. The Morgan fingerprint density at radius 3 is 2.46 bits per heavy atom. The zero-order valence-corrected chi connectivity index (χ0v) is 21.3. The molecule has 4 rings (SSSR count). The van der Waals surface area contributed by atoms with Gasteiger partial charge in [-0.25, -0.2) is 17.9 Å². The lowest BCUT2D eigenvalue weighted by atomic mass is 9.95. The fourth-order valence-corrected chi connectivity index (χ4v) is 5.09. The second-order valence-electron chi connectivity index (χ2n) is 8.33. The monoisotopic (exact) mass is 557 g/mol. The Kier molecular flexibility index (Phi) is 6.80. The smallest absolute Gasteiger partial charge is 0.416 e. The molecule has 0 radical (unpaired) electrons. The number of hydrogen-bond acceptors (Lipinski definition) is 9. The third-order valence-electron chi connectivity index (χ3n) is 5.84. The number of carbonyl (C=O) groups is 1. The summed E-state index contributed by atoms with van der Waals surface area (Å²) in [7, 11) is -2.85. The van der Waals surface area contributed by atoms with Crippen LogP contribution in [0.4, 0.5) is 35.5 Å². The summed E-state index contributed by atoms with van der Waals surface area (Å²) < 4.78 is 71.6. The number of halogens is 3. The summed E-state index contributed by atoms with van der Waals surface area (Å²) in [6.45, 7) is 1.46. The number of fused-ring (bicyclic) bond motifs is 1. The molecule has 1 N–H and O–H groups in total. The van der Waals surface area contributed by atoms with E-state index in [0.29, 0.717) is 0 Å². The van der Waals surface area contributed by atoms with Crippen molar-refractivity contribution in [2.24, 2.45) is 0 Å². The SMILES string of the molecule is COC(=O)Nc1nc2n(n1)C(c1ccc(C#N)cc1S(C)(=O)=O)C(C#N)=C(C)N2c1cccc(C(F)(F)F)c1. The number of allylic oxidation sites excluding steroid dienone is 2. The number of amides is 1. The molecule has 0 saturated carbocycles. The first-order valence-electron chi connectivity index (χ1n) is 10.9. The normalized spacial score (nSPS) is 15.3. The second kappa shape index (κ2) is 9.77. The van der Waals surface area contributed by atoms with Crippen molar-refractivity contribution in [3.8, 4) is 12.1 Å². The first-order valence-corrected chi connectivity index (χ1v) is 12.8. The summed E-state index contributed by atoms with van der Waals surface area (Å²) in [6.07, 6.45) is -4.68. The minimum atomic E-state index is -4.66. The third-order valence-corrected chi connectivity index (χ3v) is 7.00. The number of aromatic nitrogens is 3. The van der Waals surface area contributed by atoms with Gasteiger partial charge in [0, 0.05) is 23.2 Å². The predicted octanol–water partition coefficient (Wildman–Crippen LogP) is 4.29. The van der Waals surface area contributed by atoms with Gasteiger partial charge in [0.15, 0.2) is 9.84 Å². The Balaban J connectivity index is 2.04. The van der Waals surface area contributed by atoms with Crippen LogP contribution in [-0.2, 0) is 20.8 Å². The number of methoxy groups -OCH3 is 1. The van der Waals surface area contributed by atoms with Crippen LogP contribution >= 0.6 is 0 Å². The first-order chi connectivity index (χ1) is 18.3. The van der Waals surface area contributed by atoms with E-state index in [1.54, 1.807) is 0 Å². The maximum atomic E-state index is 13.5. The summed E-state index contributed by atoms with van der Waals surface area (Å²) in [5.41, 5.74) is -0.800. The standard InChI is InChI=1S/C24H18F3N7O4S/c1-13-18(12-29)20(17-8-7-14(11-28)9-19(17)39(3,36)37)34-22(30-21(32-34)31-23(35)38-2)33(13)16-6-4-5-15(10-16)24(25,26)27/h4-10,20H,1-3H3,(H,31,32,35). The van der Waals surface area contributed by atoms with Gasteiger partial charge >= 0.3 is 12.3 Å². The number of ether oxygens (including phenoxy) is 1. The molecule has 2 heterocycles. The van der Waals surface area contributed by atoms with E-state index in [1.165, 1.54) is 36.1 Å². The van der Waals surface area contributed by atoms with Gasteiger partial charge in [-0.3, -0.25) is 10.2 Å². The highest BCUT2D eigenvalue weighted by Crippen LogP contribution is 2.44. The van der Waals surface area contributed by atoms with Gasteiger partial charge in [0.2, 0.25) is 5.95 Å². The van der Waals surface area contributed by atoms with Gasteiger partial charge in [-0.1, -0.05) is 12.1 Å². The lowest BCUT2D eigenvalue weighted by Gasteiger charge is -2.34. The van der Waals surface area contributed by atoms with E-state index in [9.17, 15) is 36.9 Å². The maximum absolute atomic E-state index is 13.5. The van der Waals surface area contributed by atoms with Crippen molar-refractivity contribution in [2.45, 2.75) is 24.0 Å². The number of sulfone groups is 1. The summed E-state index contributed by atoms with van der Waals surface area (Å²) in [5.74, 6) is -0.439. The van der Waals surface area contributed by atoms with Gasteiger partial charge in [-0.05, 0) is 37.3 Å². The molecule has 39 heavy (non-hydrogen) atoms. The quantitative estimate of drug-likeness (QED) is 0.495. The molecule has 15 heteroatoms. The average molecular weight is 558 g/mol. The number of anilines is 3. The Labute approximate surface area is 220 Å². The molecule has 1 aliphatic rings. The molecule has 1 amide bonds. The van der Waals surface area contributed by atoms with E-state index in [-0.39, 0.29) is 44.9 Å². The summed E-state index contributed by atoms with van der Waals surface area (Å²) in [5, 5.41) is 26.0. The average Bonchev–Trinajstić information content (AvgIpc) is 3.29. The highest BCUT2D eigenvalue weighted by molar-refractivity contribution is 7.90. The van der Waals surface area contributed by atoms with Gasteiger partial charge in [0.05, 0.1) is 40.8 Å². The van der Waals surface area contributed by atoms with E-state index >= 15 is 0 Å². The number of nitriles is 2. The first kappa shape index (κ1) is 27.2. The van der Waals surface area contributed by atoms with Crippen molar-refractivity contribution >= 4 is 33.5 Å². The van der Waals surface area contributed by atoms with Crippen molar-refractivity contribution in [3.05, 3.63) is 70.4 Å². The van der Waals surface area contributed by atoms with Crippen LogP contribution < -0.4 is 10.2 Å². The van der Waals surface area contributed by atoms with Crippen molar-refractivity contribution in [1.29, 1.82) is 10.5 Å². The van der Waals surface area contributed by atoms with E-state index < -0.39 is 33.7 Å². The van der Waals surface area contributed by atoms with Crippen molar-refractivity contribution in [3.63, 3.8) is 0 Å². The van der Waals surface area contributed by atoms with E-state index in [2.05, 4.69) is 20.1 Å². The van der Waals surface area contributed by atoms with Gasteiger partial charge in [-0.2, -0.15) is 28.7 Å². The number of alkyl halides is 3. The molecule has 0 saturated heterocycles. The third kappa shape index (κ3) is 4.99. The van der Waals surface area contributed by atoms with Crippen LogP contribution in [0.3, 0.4) is 0 Å². The molecule has 0 fully saturated rings. The number of nitrogens with one attached hydrogen (secondary N) is 1. The molecule has 3 aromatic rings. The van der Waals surface area contributed by atoms with Gasteiger partial charge in [-0.15, -0.1) is 5.10 Å². The van der Waals surface area contributed by atoms with Crippen molar-refractivity contribution in [1.82, 2.24) is 14.8 Å². The number of benzene rings is 2. The predicted molar refractivity (Wildman–Crippen MR) is 130 cm³/mol. The Morgan fingerprint density at radius 1 is 1.15 bits per heavy atom. The fourth-order valence-electron chi connectivity index (χ4n) is 4.14. The molecule has 1 unspecified atom stereocenters. The van der Waals surface area contributed by atoms with Crippen molar-refractivity contribution in [2.75, 3.05) is 23.6 Å². The molecule has 0 bridgehead atoms. The Hall–Kier alpha value is -4.89. The van der Waals surface area contributed by atoms with Gasteiger partial charge < -0.3 is 4.74 Å². The minimum absolute atomic E-state index is 0.0186. The summed E-state index contributed by atoms with van der Waals surface area (Å²) in [4.78, 5) is 17.1. The summed E-state index contributed by atoms with van der Waals surface area (Å²) >= 11 is 0. The van der Waals surface area contributed by atoms with Crippen LogP contribution in [0.25, 0.3) is 0 Å². The Bertz CT molecular complexity index is 1720. The highest BCUT2D eigenvalue weighted by Gasteiger charge is 2.39. The van der Waals surface area contributed by atoms with Gasteiger partial charge in [0.1, 0.15) is 6.04 Å². The lowest BCUT2D eigenvalue weighted by molar-refractivity contribution is -0.137. The molecule has 200 valence electrons. The number of carbonyl (C=O) groups excluding carboxylic acids is 1. The van der Waals surface area contributed by atoms with Crippen LogP contribution in [-0.4, -0.2) is 42.6 Å². The molecule has 1 aliphatic heterocycles. The number of rotatable bonds is 4. The number of hydrogen-bond donors (Lipinski definition) is 1. The molecule has 1 atom stereocenters. The van der Waals surface area contributed by atoms with Crippen molar-refractivity contribution < 1.29 is 31.1 Å². The van der Waals surface area contributed by atoms with Gasteiger partial charge in [0.25, 0.3) is 5.95 Å². The minimum Gasteiger partial charge on any atom is -0.453 e. The van der Waals surface area contributed by atoms with Crippen LogP contribution in [0, 0.1) is 22.7 Å². The topological polar surface area (TPSA) is 154 Å². The Morgan fingerprint density at radius 2 is 1.87 bits per heavy atom. The molecule has 0 spiro atoms. The largest absolute Gasteiger partial charge is 0.453 e. The van der Waals surface area contributed by atoms with E-state index in [1.807, 2.05) is 12.1 Å². The van der Waals surface area contributed by atoms with Crippen LogP contribution in [0.15, 0.2) is 58.6 Å². The molecule has 2 aromatic carbocycles. The highest BCUT2D eigenvalue weighted by atomic mass is 32.2.